The largest absolute Gasteiger partial charge is 0.493 e. The normalized spacial score (nSPS) is 14.8. The summed E-state index contributed by atoms with van der Waals surface area (Å²) in [6, 6.07) is 22.5. The molecule has 0 aliphatic heterocycles. The number of hydrogen-bond acceptors (Lipinski definition) is 3. The molecule has 0 spiro atoms. The van der Waals surface area contributed by atoms with Crippen LogP contribution in [-0.2, 0) is 0 Å². The Morgan fingerprint density at radius 1 is 0.893 bits per heavy atom. The predicted octanol–water partition coefficient (Wildman–Crippen LogP) is 6.00. The summed E-state index contributed by atoms with van der Waals surface area (Å²) < 4.78 is 11.9. The second kappa shape index (κ2) is 8.75. The molecule has 3 nitrogen and oxygen atoms in total. The highest BCUT2D eigenvalue weighted by Crippen LogP contribution is 2.36. The summed E-state index contributed by atoms with van der Waals surface area (Å²) >= 11 is 0. The Kier molecular flexibility index (Phi) is 5.72. The van der Waals surface area contributed by atoms with Gasteiger partial charge >= 0.3 is 0 Å². The van der Waals surface area contributed by atoms with Crippen molar-refractivity contribution in [2.24, 2.45) is 0 Å². The number of benzene rings is 2. The van der Waals surface area contributed by atoms with Gasteiger partial charge in [-0.15, -0.1) is 0 Å². The van der Waals surface area contributed by atoms with Gasteiger partial charge in [-0.1, -0.05) is 42.5 Å². The number of nitrogens with zero attached hydrogens (tertiary/aromatic N) is 1. The number of rotatable bonds is 6. The molecule has 3 heteroatoms. The number of pyridine rings is 1. The highest BCUT2D eigenvalue weighted by atomic mass is 16.5. The minimum atomic E-state index is 0.282. The lowest BCUT2D eigenvalue weighted by molar-refractivity contribution is 0.201. The molecule has 0 atom stereocenters. The van der Waals surface area contributed by atoms with Gasteiger partial charge in [-0.05, 0) is 72.7 Å². The van der Waals surface area contributed by atoms with Gasteiger partial charge in [0.25, 0.3) is 0 Å². The Bertz CT molecular complexity index is 929. The zero-order valence-electron chi connectivity index (χ0n) is 16.2. The number of hydrogen-bond donors (Lipinski definition) is 0. The summed E-state index contributed by atoms with van der Waals surface area (Å²) in [6.45, 7) is 0. The van der Waals surface area contributed by atoms with E-state index in [1.807, 2.05) is 36.5 Å². The van der Waals surface area contributed by atoms with Gasteiger partial charge in [-0.25, -0.2) is 0 Å². The number of aromatic nitrogens is 1. The second-order valence-corrected chi connectivity index (χ2v) is 7.07. The van der Waals surface area contributed by atoms with Gasteiger partial charge in [0.05, 0.1) is 18.9 Å². The quantitative estimate of drug-likeness (QED) is 0.532. The Labute approximate surface area is 166 Å². The molecule has 1 aromatic heterocycles. The average molecular weight is 371 g/mol. The fourth-order valence-corrected chi connectivity index (χ4v) is 3.68. The molecule has 0 radical (unpaired) electrons. The Morgan fingerprint density at radius 2 is 1.68 bits per heavy atom. The van der Waals surface area contributed by atoms with Crippen LogP contribution in [0.4, 0.5) is 0 Å². The predicted molar refractivity (Wildman–Crippen MR) is 114 cm³/mol. The third-order valence-corrected chi connectivity index (χ3v) is 5.14. The van der Waals surface area contributed by atoms with Crippen LogP contribution in [0.5, 0.6) is 11.5 Å². The van der Waals surface area contributed by atoms with Crippen molar-refractivity contribution in [1.82, 2.24) is 4.98 Å². The maximum absolute atomic E-state index is 6.31. The smallest absolute Gasteiger partial charge is 0.162 e. The van der Waals surface area contributed by atoms with Gasteiger partial charge in [-0.3, -0.25) is 4.98 Å². The molecule has 0 amide bonds. The van der Waals surface area contributed by atoms with Crippen molar-refractivity contribution in [3.8, 4) is 11.5 Å². The van der Waals surface area contributed by atoms with E-state index in [9.17, 15) is 0 Å². The molecule has 0 unspecified atom stereocenters. The van der Waals surface area contributed by atoms with E-state index in [2.05, 4.69) is 47.5 Å². The first-order valence-corrected chi connectivity index (χ1v) is 9.87. The van der Waals surface area contributed by atoms with E-state index in [0.717, 1.165) is 46.7 Å². The lowest BCUT2D eigenvalue weighted by atomic mass is 9.96. The summed E-state index contributed by atoms with van der Waals surface area (Å²) in [4.78, 5) is 4.48. The lowest BCUT2D eigenvalue weighted by Crippen LogP contribution is -2.11. The fourth-order valence-electron chi connectivity index (χ4n) is 3.68. The Hall–Kier alpha value is -3.07. The SMILES string of the molecule is COc1ccc(/C(=C/c2ccccn2)c2ccccc2)cc1OC1CCCC1. The zero-order valence-corrected chi connectivity index (χ0v) is 16.2. The molecule has 1 aliphatic carbocycles. The molecule has 0 bridgehead atoms. The summed E-state index contributed by atoms with van der Waals surface area (Å²) in [6.07, 6.45) is 8.92. The van der Waals surface area contributed by atoms with Gasteiger partial charge in [0, 0.05) is 6.20 Å². The average Bonchev–Trinajstić information content (AvgIpc) is 3.26. The van der Waals surface area contributed by atoms with Crippen LogP contribution in [0.3, 0.4) is 0 Å². The maximum Gasteiger partial charge on any atom is 0.162 e. The van der Waals surface area contributed by atoms with Crippen molar-refractivity contribution in [1.29, 1.82) is 0 Å². The van der Waals surface area contributed by atoms with Gasteiger partial charge < -0.3 is 9.47 Å². The van der Waals surface area contributed by atoms with Crippen molar-refractivity contribution < 1.29 is 9.47 Å². The second-order valence-electron chi connectivity index (χ2n) is 7.07. The molecule has 142 valence electrons. The van der Waals surface area contributed by atoms with Gasteiger partial charge in [-0.2, -0.15) is 0 Å². The fraction of sp³-hybridized carbons (Fsp3) is 0.240. The van der Waals surface area contributed by atoms with E-state index >= 15 is 0 Å². The summed E-state index contributed by atoms with van der Waals surface area (Å²) in [5.41, 5.74) is 4.27. The molecular weight excluding hydrogens is 346 g/mol. The van der Waals surface area contributed by atoms with Crippen LogP contribution in [0.15, 0.2) is 72.9 Å². The number of methoxy groups -OCH3 is 1. The van der Waals surface area contributed by atoms with Crippen molar-refractivity contribution >= 4 is 11.6 Å². The van der Waals surface area contributed by atoms with E-state index in [0.29, 0.717) is 0 Å². The van der Waals surface area contributed by atoms with Gasteiger partial charge in [0.2, 0.25) is 0 Å². The first-order valence-electron chi connectivity index (χ1n) is 9.87. The van der Waals surface area contributed by atoms with Crippen LogP contribution in [-0.4, -0.2) is 18.2 Å². The molecule has 3 aromatic rings. The molecule has 2 aromatic carbocycles. The molecule has 4 rings (SSSR count). The highest BCUT2D eigenvalue weighted by molar-refractivity contribution is 5.91. The van der Waals surface area contributed by atoms with E-state index in [1.54, 1.807) is 7.11 Å². The topological polar surface area (TPSA) is 31.4 Å². The van der Waals surface area contributed by atoms with E-state index in [-0.39, 0.29) is 6.10 Å². The van der Waals surface area contributed by atoms with E-state index in [4.69, 9.17) is 9.47 Å². The summed E-state index contributed by atoms with van der Waals surface area (Å²) in [5, 5.41) is 0. The maximum atomic E-state index is 6.31. The van der Waals surface area contributed by atoms with Crippen LogP contribution in [0.1, 0.15) is 42.5 Å². The van der Waals surface area contributed by atoms with Crippen molar-refractivity contribution in [2.75, 3.05) is 7.11 Å². The van der Waals surface area contributed by atoms with Crippen molar-refractivity contribution in [3.05, 3.63) is 89.7 Å². The van der Waals surface area contributed by atoms with E-state index in [1.165, 1.54) is 12.8 Å². The zero-order chi connectivity index (χ0) is 19.2. The molecule has 0 saturated heterocycles. The third-order valence-electron chi connectivity index (χ3n) is 5.14. The Balaban J connectivity index is 1.76. The molecule has 1 fully saturated rings. The summed E-state index contributed by atoms with van der Waals surface area (Å²) in [5.74, 6) is 1.59. The number of ether oxygens (including phenoxy) is 2. The molecule has 1 saturated carbocycles. The molecule has 0 N–H and O–H groups in total. The minimum absolute atomic E-state index is 0.282. The third kappa shape index (κ3) is 4.25. The van der Waals surface area contributed by atoms with Crippen LogP contribution in [0.25, 0.3) is 11.6 Å². The van der Waals surface area contributed by atoms with Crippen LogP contribution in [0.2, 0.25) is 0 Å². The molecular formula is C25H25NO2. The Morgan fingerprint density at radius 3 is 2.39 bits per heavy atom. The first kappa shape index (κ1) is 18.3. The monoisotopic (exact) mass is 371 g/mol. The van der Waals surface area contributed by atoms with Crippen LogP contribution >= 0.6 is 0 Å². The molecule has 1 aliphatic rings. The van der Waals surface area contributed by atoms with Crippen molar-refractivity contribution in [3.63, 3.8) is 0 Å². The first-order chi connectivity index (χ1) is 13.8. The van der Waals surface area contributed by atoms with Gasteiger partial charge in [0.15, 0.2) is 11.5 Å². The highest BCUT2D eigenvalue weighted by Gasteiger charge is 2.19. The van der Waals surface area contributed by atoms with Crippen molar-refractivity contribution in [2.45, 2.75) is 31.8 Å². The van der Waals surface area contributed by atoms with Crippen LogP contribution in [0, 0.1) is 0 Å². The summed E-state index contributed by atoms with van der Waals surface area (Å²) in [7, 11) is 1.69. The van der Waals surface area contributed by atoms with E-state index < -0.39 is 0 Å². The lowest BCUT2D eigenvalue weighted by Gasteiger charge is -2.18. The van der Waals surface area contributed by atoms with Crippen LogP contribution < -0.4 is 9.47 Å². The standard InChI is InChI=1S/C25H25NO2/c1-27-24-15-14-20(17-25(24)28-22-12-5-6-13-22)23(19-9-3-2-4-10-19)18-21-11-7-8-16-26-21/h2-4,7-11,14-18,22H,5-6,12-13H2,1H3/b23-18+. The molecule has 1 heterocycles. The molecule has 28 heavy (non-hydrogen) atoms. The minimum Gasteiger partial charge on any atom is -0.493 e. The van der Waals surface area contributed by atoms with Gasteiger partial charge in [0.1, 0.15) is 0 Å².